The summed E-state index contributed by atoms with van der Waals surface area (Å²) in [5, 5.41) is 2.70. The molecule has 1 amide bonds. The Balaban J connectivity index is 1.92. The molecule has 0 aliphatic carbocycles. The third-order valence-electron chi connectivity index (χ3n) is 2.59. The van der Waals surface area contributed by atoms with Crippen LogP contribution in [0.2, 0.25) is 0 Å². The number of anilines is 1. The lowest BCUT2D eigenvalue weighted by Crippen LogP contribution is -2.11. The van der Waals surface area contributed by atoms with Crippen LogP contribution in [0.1, 0.15) is 5.56 Å². The highest BCUT2D eigenvalue weighted by molar-refractivity contribution is 6.04. The molecule has 3 N–H and O–H groups in total. The van der Waals surface area contributed by atoms with Gasteiger partial charge in [-0.3, -0.25) is 4.79 Å². The van der Waals surface area contributed by atoms with Crippen LogP contribution in [0, 0.1) is 11.8 Å². The number of nitrogens with one attached hydrogen (secondary N) is 1. The normalized spacial score (nSPS) is 9.38. The predicted octanol–water partition coefficient (Wildman–Crippen LogP) is 2.01. The standard InChI is InChI=1S/C17H16N2O2/c18-12-13-21-16-9-7-15(8-10-16)19-17(20)11-6-14-4-2-1-3-5-14/h1-5,7-10H,12-13,18H2,(H,19,20). The molecule has 0 saturated heterocycles. The number of rotatable bonds is 4. The van der Waals surface area contributed by atoms with Crippen LogP contribution in [0.15, 0.2) is 54.6 Å². The molecule has 0 aliphatic rings. The van der Waals surface area contributed by atoms with Crippen LogP contribution in [-0.2, 0) is 4.79 Å². The Morgan fingerprint density at radius 1 is 1.10 bits per heavy atom. The van der Waals surface area contributed by atoms with Crippen LogP contribution in [0.3, 0.4) is 0 Å². The second-order valence-corrected chi connectivity index (χ2v) is 4.23. The van der Waals surface area contributed by atoms with E-state index < -0.39 is 0 Å². The van der Waals surface area contributed by atoms with Crippen LogP contribution in [0.4, 0.5) is 5.69 Å². The van der Waals surface area contributed by atoms with E-state index in [-0.39, 0.29) is 5.91 Å². The molecule has 0 atom stereocenters. The average molecular weight is 280 g/mol. The van der Waals surface area contributed by atoms with Crippen molar-refractivity contribution in [2.24, 2.45) is 5.73 Å². The first kappa shape index (κ1) is 14.6. The van der Waals surface area contributed by atoms with E-state index in [9.17, 15) is 4.79 Å². The van der Waals surface area contributed by atoms with Gasteiger partial charge in [-0.25, -0.2) is 0 Å². The van der Waals surface area contributed by atoms with Gasteiger partial charge in [-0.1, -0.05) is 24.1 Å². The van der Waals surface area contributed by atoms with E-state index in [1.807, 2.05) is 30.3 Å². The number of amides is 1. The van der Waals surface area contributed by atoms with Crippen molar-refractivity contribution in [2.75, 3.05) is 18.5 Å². The Morgan fingerprint density at radius 2 is 1.81 bits per heavy atom. The summed E-state index contributed by atoms with van der Waals surface area (Å²) in [6.45, 7) is 0.932. The number of hydrogen-bond acceptors (Lipinski definition) is 3. The molecule has 2 aromatic carbocycles. The van der Waals surface area contributed by atoms with Crippen molar-refractivity contribution in [1.29, 1.82) is 0 Å². The number of nitrogens with two attached hydrogens (primary N) is 1. The van der Waals surface area contributed by atoms with E-state index in [1.165, 1.54) is 0 Å². The van der Waals surface area contributed by atoms with Gasteiger partial charge < -0.3 is 15.8 Å². The quantitative estimate of drug-likeness (QED) is 0.842. The zero-order valence-electron chi connectivity index (χ0n) is 11.5. The van der Waals surface area contributed by atoms with Gasteiger partial charge >= 0.3 is 5.91 Å². The van der Waals surface area contributed by atoms with E-state index in [0.29, 0.717) is 24.6 Å². The third-order valence-corrected chi connectivity index (χ3v) is 2.59. The molecule has 0 aromatic heterocycles. The van der Waals surface area contributed by atoms with Gasteiger partial charge in [0.2, 0.25) is 0 Å². The maximum absolute atomic E-state index is 11.7. The summed E-state index contributed by atoms with van der Waals surface area (Å²) in [7, 11) is 0. The Hall–Kier alpha value is -2.77. The topological polar surface area (TPSA) is 64.3 Å². The smallest absolute Gasteiger partial charge is 0.300 e. The zero-order chi connectivity index (χ0) is 14.9. The lowest BCUT2D eigenvalue weighted by atomic mass is 10.2. The molecule has 0 fully saturated rings. The summed E-state index contributed by atoms with van der Waals surface area (Å²) >= 11 is 0. The Kier molecular flexibility index (Phi) is 5.39. The first-order valence-corrected chi connectivity index (χ1v) is 6.59. The van der Waals surface area contributed by atoms with E-state index in [1.54, 1.807) is 24.3 Å². The van der Waals surface area contributed by atoms with Crippen molar-refractivity contribution >= 4 is 11.6 Å². The highest BCUT2D eigenvalue weighted by Crippen LogP contribution is 2.15. The first-order chi connectivity index (χ1) is 10.3. The fourth-order valence-electron chi connectivity index (χ4n) is 1.62. The minimum absolute atomic E-state index is 0.352. The molecule has 21 heavy (non-hydrogen) atoms. The molecule has 4 heteroatoms. The Bertz CT molecular complexity index is 640. The van der Waals surface area contributed by atoms with Gasteiger partial charge in [-0.2, -0.15) is 0 Å². The molecule has 0 heterocycles. The number of benzene rings is 2. The molecule has 4 nitrogen and oxygen atoms in total. The van der Waals surface area contributed by atoms with E-state index >= 15 is 0 Å². The average Bonchev–Trinajstić information content (AvgIpc) is 2.53. The second kappa shape index (κ2) is 7.73. The maximum Gasteiger partial charge on any atom is 0.300 e. The molecular formula is C17H16N2O2. The monoisotopic (exact) mass is 280 g/mol. The zero-order valence-corrected chi connectivity index (χ0v) is 11.5. The van der Waals surface area contributed by atoms with E-state index in [2.05, 4.69) is 17.2 Å². The molecule has 0 unspecified atom stereocenters. The van der Waals surface area contributed by atoms with Crippen molar-refractivity contribution in [3.63, 3.8) is 0 Å². The van der Waals surface area contributed by atoms with Crippen LogP contribution >= 0.6 is 0 Å². The molecule has 0 spiro atoms. The minimum Gasteiger partial charge on any atom is -0.492 e. The summed E-state index contributed by atoms with van der Waals surface area (Å²) in [6, 6.07) is 16.4. The summed E-state index contributed by atoms with van der Waals surface area (Å²) in [5.41, 5.74) is 6.83. The van der Waals surface area contributed by atoms with Crippen LogP contribution in [0.5, 0.6) is 5.75 Å². The lowest BCUT2D eigenvalue weighted by molar-refractivity contribution is -0.111. The van der Waals surface area contributed by atoms with E-state index in [4.69, 9.17) is 10.5 Å². The predicted molar refractivity (Wildman–Crippen MR) is 82.9 cm³/mol. The van der Waals surface area contributed by atoms with Gasteiger partial charge in [-0.05, 0) is 36.4 Å². The fourth-order valence-corrected chi connectivity index (χ4v) is 1.62. The van der Waals surface area contributed by atoms with Crippen molar-refractivity contribution < 1.29 is 9.53 Å². The number of hydrogen-bond donors (Lipinski definition) is 2. The van der Waals surface area contributed by atoms with E-state index in [0.717, 1.165) is 5.56 Å². The SMILES string of the molecule is NCCOc1ccc(NC(=O)C#Cc2ccccc2)cc1. The molecular weight excluding hydrogens is 264 g/mol. The van der Waals surface area contributed by atoms with Crippen molar-refractivity contribution in [3.8, 4) is 17.6 Å². The summed E-state index contributed by atoms with van der Waals surface area (Å²) < 4.78 is 5.35. The van der Waals surface area contributed by atoms with Crippen molar-refractivity contribution in [3.05, 3.63) is 60.2 Å². The number of carbonyl (C=O) groups is 1. The van der Waals surface area contributed by atoms with Gasteiger partial charge in [0.25, 0.3) is 0 Å². The van der Waals surface area contributed by atoms with Crippen molar-refractivity contribution in [1.82, 2.24) is 0 Å². The Labute approximate surface area is 123 Å². The van der Waals surface area contributed by atoms with Crippen LogP contribution in [0.25, 0.3) is 0 Å². The summed E-state index contributed by atoms with van der Waals surface area (Å²) in [4.78, 5) is 11.7. The van der Waals surface area contributed by atoms with Crippen molar-refractivity contribution in [2.45, 2.75) is 0 Å². The highest BCUT2D eigenvalue weighted by atomic mass is 16.5. The lowest BCUT2D eigenvalue weighted by Gasteiger charge is -2.05. The van der Waals surface area contributed by atoms with Gasteiger partial charge in [0.1, 0.15) is 12.4 Å². The largest absolute Gasteiger partial charge is 0.492 e. The molecule has 0 bridgehead atoms. The highest BCUT2D eigenvalue weighted by Gasteiger charge is 1.99. The number of carbonyl (C=O) groups excluding carboxylic acids is 1. The minimum atomic E-state index is -0.352. The van der Waals surface area contributed by atoms with Gasteiger partial charge in [0.15, 0.2) is 0 Å². The van der Waals surface area contributed by atoms with Crippen LogP contribution < -0.4 is 15.8 Å². The maximum atomic E-state index is 11.7. The fraction of sp³-hybridized carbons (Fsp3) is 0.118. The van der Waals surface area contributed by atoms with Gasteiger partial charge in [0, 0.05) is 23.7 Å². The van der Waals surface area contributed by atoms with Crippen LogP contribution in [-0.4, -0.2) is 19.1 Å². The molecule has 0 saturated carbocycles. The molecule has 2 aromatic rings. The molecule has 0 aliphatic heterocycles. The summed E-state index contributed by atoms with van der Waals surface area (Å²) in [5.74, 6) is 5.72. The second-order valence-electron chi connectivity index (χ2n) is 4.23. The summed E-state index contributed by atoms with van der Waals surface area (Å²) in [6.07, 6.45) is 0. The molecule has 0 radical (unpaired) electrons. The Morgan fingerprint density at radius 3 is 2.48 bits per heavy atom. The third kappa shape index (κ3) is 5.01. The van der Waals surface area contributed by atoms with Gasteiger partial charge in [0.05, 0.1) is 0 Å². The molecule has 2 rings (SSSR count). The van der Waals surface area contributed by atoms with Gasteiger partial charge in [-0.15, -0.1) is 0 Å². The molecule has 106 valence electrons. The first-order valence-electron chi connectivity index (χ1n) is 6.59. The number of ether oxygens (including phenoxy) is 1.